The van der Waals surface area contributed by atoms with Gasteiger partial charge in [0.15, 0.2) is 0 Å². The van der Waals surface area contributed by atoms with Gasteiger partial charge in [-0.3, -0.25) is 0 Å². The van der Waals surface area contributed by atoms with Crippen LogP contribution in [0.1, 0.15) is 28.8 Å². The number of hydrogen-bond acceptors (Lipinski definition) is 3. The van der Waals surface area contributed by atoms with E-state index in [1.54, 1.807) is 6.07 Å². The van der Waals surface area contributed by atoms with Gasteiger partial charge in [-0.1, -0.05) is 24.1 Å². The summed E-state index contributed by atoms with van der Waals surface area (Å²) in [5.74, 6) is 8.07. The number of carbonyl (C=O) groups excluding carboxylic acids is 1. The molecule has 0 unspecified atom stereocenters. The number of ether oxygens (including phenoxy) is 2. The van der Waals surface area contributed by atoms with Crippen LogP contribution < -0.4 is 4.74 Å². The van der Waals surface area contributed by atoms with Crippen LogP contribution in [-0.4, -0.2) is 19.2 Å². The summed E-state index contributed by atoms with van der Waals surface area (Å²) < 4.78 is 10.5. The monoisotopic (exact) mass is 316 g/mol. The van der Waals surface area contributed by atoms with Crippen molar-refractivity contribution in [1.82, 2.24) is 0 Å². The first kappa shape index (κ1) is 15.7. The molecule has 3 heteroatoms. The molecule has 24 heavy (non-hydrogen) atoms. The fourth-order valence-corrected chi connectivity index (χ4v) is 2.32. The Morgan fingerprint density at radius 3 is 2.46 bits per heavy atom. The Balaban J connectivity index is 1.92. The van der Waals surface area contributed by atoms with E-state index < -0.39 is 5.97 Å². The molecule has 1 aliphatic rings. The van der Waals surface area contributed by atoms with Crippen LogP contribution in [0.4, 0.5) is 0 Å². The Morgan fingerprint density at radius 2 is 1.83 bits per heavy atom. The number of hydrogen-bond donors (Lipinski definition) is 0. The summed E-state index contributed by atoms with van der Waals surface area (Å²) in [7, 11) is 1.34. The average Bonchev–Trinajstić information content (AvgIpc) is 3.43. The van der Waals surface area contributed by atoms with Gasteiger partial charge in [-0.25, -0.2) is 4.79 Å². The molecule has 0 spiro atoms. The van der Waals surface area contributed by atoms with Gasteiger partial charge in [0.1, 0.15) is 5.75 Å². The third-order valence-corrected chi connectivity index (χ3v) is 3.71. The van der Waals surface area contributed by atoms with Crippen LogP contribution in [0.3, 0.4) is 0 Å². The van der Waals surface area contributed by atoms with Crippen molar-refractivity contribution in [3.63, 3.8) is 0 Å². The van der Waals surface area contributed by atoms with Crippen LogP contribution in [0, 0.1) is 24.2 Å². The SMILES string of the molecule is C#CC#Cc1cc(-c2ccc(OC3CC3)cc2)ccc1C(=O)OC. The Labute approximate surface area is 141 Å². The highest BCUT2D eigenvalue weighted by atomic mass is 16.5. The van der Waals surface area contributed by atoms with Gasteiger partial charge < -0.3 is 9.47 Å². The van der Waals surface area contributed by atoms with Gasteiger partial charge in [-0.15, -0.1) is 6.42 Å². The smallest absolute Gasteiger partial charge is 0.339 e. The molecule has 0 N–H and O–H groups in total. The number of rotatable bonds is 4. The van der Waals surface area contributed by atoms with Crippen molar-refractivity contribution in [2.75, 3.05) is 7.11 Å². The lowest BCUT2D eigenvalue weighted by Crippen LogP contribution is -2.04. The van der Waals surface area contributed by atoms with E-state index in [4.69, 9.17) is 15.9 Å². The van der Waals surface area contributed by atoms with Gasteiger partial charge in [0.2, 0.25) is 0 Å². The molecule has 0 bridgehead atoms. The second-order valence-corrected chi connectivity index (χ2v) is 5.49. The summed E-state index contributed by atoms with van der Waals surface area (Å²) in [6, 6.07) is 13.3. The quantitative estimate of drug-likeness (QED) is 0.638. The number of terminal acetylenes is 1. The molecule has 2 aromatic carbocycles. The van der Waals surface area contributed by atoms with Crippen LogP contribution >= 0.6 is 0 Å². The van der Waals surface area contributed by atoms with E-state index in [-0.39, 0.29) is 0 Å². The molecule has 1 saturated carbocycles. The fourth-order valence-electron chi connectivity index (χ4n) is 2.32. The maximum atomic E-state index is 11.8. The molecule has 0 amide bonds. The molecular formula is C21H16O3. The van der Waals surface area contributed by atoms with Crippen LogP contribution in [0.5, 0.6) is 5.75 Å². The van der Waals surface area contributed by atoms with Gasteiger partial charge in [0, 0.05) is 5.56 Å². The standard InChI is InChI=1S/C21H16O3/c1-3-4-5-17-14-16(8-13-20(17)21(22)23-2)15-6-9-18(10-7-15)24-19-11-12-19/h1,6-10,13-14,19H,11-12H2,2H3. The third kappa shape index (κ3) is 3.59. The number of methoxy groups -OCH3 is 1. The number of carbonyl (C=O) groups is 1. The summed E-state index contributed by atoms with van der Waals surface area (Å²) in [6.07, 6.45) is 7.83. The minimum Gasteiger partial charge on any atom is -0.490 e. The Morgan fingerprint density at radius 1 is 1.12 bits per heavy atom. The summed E-state index contributed by atoms with van der Waals surface area (Å²) in [5, 5.41) is 0. The molecule has 1 fully saturated rings. The van der Waals surface area contributed by atoms with Gasteiger partial charge in [-0.05, 0) is 60.1 Å². The van der Waals surface area contributed by atoms with E-state index in [2.05, 4.69) is 17.8 Å². The molecule has 0 atom stereocenters. The lowest BCUT2D eigenvalue weighted by atomic mass is 9.99. The van der Waals surface area contributed by atoms with E-state index in [0.717, 1.165) is 29.7 Å². The van der Waals surface area contributed by atoms with Crippen molar-refractivity contribution in [3.8, 4) is 41.1 Å². The van der Waals surface area contributed by atoms with Crippen molar-refractivity contribution in [1.29, 1.82) is 0 Å². The maximum absolute atomic E-state index is 11.8. The van der Waals surface area contributed by atoms with Crippen molar-refractivity contribution >= 4 is 5.97 Å². The molecular weight excluding hydrogens is 300 g/mol. The van der Waals surface area contributed by atoms with Gasteiger partial charge in [-0.2, -0.15) is 0 Å². The topological polar surface area (TPSA) is 35.5 Å². The van der Waals surface area contributed by atoms with Crippen LogP contribution in [-0.2, 0) is 4.74 Å². The highest BCUT2D eigenvalue weighted by molar-refractivity contribution is 5.93. The van der Waals surface area contributed by atoms with Gasteiger partial charge >= 0.3 is 5.97 Å². The molecule has 0 radical (unpaired) electrons. The first-order valence-corrected chi connectivity index (χ1v) is 7.67. The maximum Gasteiger partial charge on any atom is 0.339 e. The summed E-state index contributed by atoms with van der Waals surface area (Å²) in [4.78, 5) is 11.8. The van der Waals surface area contributed by atoms with Crippen molar-refractivity contribution in [3.05, 3.63) is 53.6 Å². The van der Waals surface area contributed by atoms with Crippen molar-refractivity contribution < 1.29 is 14.3 Å². The minimum absolute atomic E-state index is 0.376. The van der Waals surface area contributed by atoms with Crippen molar-refractivity contribution in [2.24, 2.45) is 0 Å². The Kier molecular flexibility index (Phi) is 4.54. The minimum atomic E-state index is -0.434. The second kappa shape index (κ2) is 6.94. The zero-order valence-electron chi connectivity index (χ0n) is 13.3. The fraction of sp³-hybridized carbons (Fsp3) is 0.190. The molecule has 1 aliphatic carbocycles. The Hall–Kier alpha value is -3.17. The third-order valence-electron chi connectivity index (χ3n) is 3.71. The average molecular weight is 316 g/mol. The predicted octanol–water partition coefficient (Wildman–Crippen LogP) is 3.67. The van der Waals surface area contributed by atoms with E-state index in [9.17, 15) is 4.79 Å². The van der Waals surface area contributed by atoms with Gasteiger partial charge in [0.25, 0.3) is 0 Å². The zero-order chi connectivity index (χ0) is 16.9. The normalized spacial score (nSPS) is 12.5. The first-order valence-electron chi connectivity index (χ1n) is 7.67. The molecule has 0 aromatic heterocycles. The Bertz CT molecular complexity index is 857. The largest absolute Gasteiger partial charge is 0.490 e. The summed E-state index contributed by atoms with van der Waals surface area (Å²) in [5.41, 5.74) is 2.91. The van der Waals surface area contributed by atoms with E-state index in [1.807, 2.05) is 36.4 Å². The lowest BCUT2D eigenvalue weighted by molar-refractivity contribution is 0.0600. The van der Waals surface area contributed by atoms with E-state index >= 15 is 0 Å². The lowest BCUT2D eigenvalue weighted by Gasteiger charge is -2.08. The molecule has 3 rings (SSSR count). The second-order valence-electron chi connectivity index (χ2n) is 5.49. The molecule has 118 valence electrons. The number of esters is 1. The molecule has 0 aliphatic heterocycles. The van der Waals surface area contributed by atoms with Crippen molar-refractivity contribution in [2.45, 2.75) is 18.9 Å². The molecule has 0 saturated heterocycles. The summed E-state index contributed by atoms with van der Waals surface area (Å²) in [6.45, 7) is 0. The number of benzene rings is 2. The first-order chi connectivity index (χ1) is 11.7. The predicted molar refractivity (Wildman–Crippen MR) is 92.6 cm³/mol. The van der Waals surface area contributed by atoms with Crippen LogP contribution in [0.2, 0.25) is 0 Å². The molecule has 3 nitrogen and oxygen atoms in total. The van der Waals surface area contributed by atoms with Crippen LogP contribution in [0.15, 0.2) is 42.5 Å². The van der Waals surface area contributed by atoms with E-state index in [1.165, 1.54) is 7.11 Å². The van der Waals surface area contributed by atoms with E-state index in [0.29, 0.717) is 17.2 Å². The van der Waals surface area contributed by atoms with Gasteiger partial charge in [0.05, 0.1) is 18.8 Å². The molecule has 2 aromatic rings. The zero-order valence-corrected chi connectivity index (χ0v) is 13.3. The van der Waals surface area contributed by atoms with Crippen LogP contribution in [0.25, 0.3) is 11.1 Å². The highest BCUT2D eigenvalue weighted by Crippen LogP contribution is 2.29. The molecule has 0 heterocycles. The highest BCUT2D eigenvalue weighted by Gasteiger charge is 2.23. The summed E-state index contributed by atoms with van der Waals surface area (Å²) >= 11 is 0.